The van der Waals surface area contributed by atoms with Gasteiger partial charge in [0.05, 0.1) is 24.2 Å². The summed E-state index contributed by atoms with van der Waals surface area (Å²) in [4.78, 5) is 5.81. The first kappa shape index (κ1) is 22.8. The van der Waals surface area contributed by atoms with Crippen LogP contribution in [0.2, 0.25) is 0 Å². The highest BCUT2D eigenvalue weighted by Gasteiger charge is 2.29. The third kappa shape index (κ3) is 5.39. The van der Waals surface area contributed by atoms with E-state index in [-0.39, 0.29) is 11.9 Å². The van der Waals surface area contributed by atoms with Gasteiger partial charge in [0.25, 0.3) is 0 Å². The van der Waals surface area contributed by atoms with E-state index in [1.54, 1.807) is 29.5 Å². The predicted octanol–water partition coefficient (Wildman–Crippen LogP) is 7.85. The highest BCUT2D eigenvalue weighted by Crippen LogP contribution is 2.39. The van der Waals surface area contributed by atoms with Crippen molar-refractivity contribution in [2.45, 2.75) is 18.3 Å². The van der Waals surface area contributed by atoms with Crippen LogP contribution in [-0.4, -0.2) is 17.1 Å². The molecular formula is C26H21F3N2OS2. The molecule has 0 spiro atoms. The van der Waals surface area contributed by atoms with Crippen LogP contribution in [0.1, 0.15) is 10.4 Å². The van der Waals surface area contributed by atoms with Gasteiger partial charge in [0.1, 0.15) is 10.8 Å². The van der Waals surface area contributed by atoms with Crippen molar-refractivity contribution in [3.63, 3.8) is 0 Å². The summed E-state index contributed by atoms with van der Waals surface area (Å²) in [5.41, 5.74) is -0.189. The average Bonchev–Trinajstić information content (AvgIpc) is 3.31. The van der Waals surface area contributed by atoms with E-state index < -0.39 is 5.51 Å². The summed E-state index contributed by atoms with van der Waals surface area (Å²) in [6.07, 6.45) is 3.74. The molecule has 34 heavy (non-hydrogen) atoms. The van der Waals surface area contributed by atoms with E-state index in [0.29, 0.717) is 23.8 Å². The fraction of sp³-hybridized carbons (Fsp3) is 0.192. The molecule has 3 aromatic carbocycles. The molecule has 0 amide bonds. The lowest BCUT2D eigenvalue weighted by Gasteiger charge is -2.25. The molecule has 0 saturated heterocycles. The van der Waals surface area contributed by atoms with E-state index in [1.165, 1.54) is 4.88 Å². The molecule has 174 valence electrons. The summed E-state index contributed by atoms with van der Waals surface area (Å²) in [7, 11) is 0. The number of halogens is 3. The minimum Gasteiger partial charge on any atom is -0.493 e. The first-order chi connectivity index (χ1) is 16.4. The van der Waals surface area contributed by atoms with Gasteiger partial charge in [-0.2, -0.15) is 13.2 Å². The molecule has 1 aliphatic heterocycles. The van der Waals surface area contributed by atoms with Crippen LogP contribution in [0.15, 0.2) is 79.0 Å². The first-order valence-corrected chi connectivity index (χ1v) is 12.4. The molecule has 0 bridgehead atoms. The number of nitrogens with zero attached hydrogens (tertiary/aromatic N) is 1. The van der Waals surface area contributed by atoms with Gasteiger partial charge < -0.3 is 9.46 Å². The molecular weight excluding hydrogens is 477 g/mol. The van der Waals surface area contributed by atoms with Crippen LogP contribution in [-0.2, 0) is 12.8 Å². The van der Waals surface area contributed by atoms with Crippen LogP contribution < -0.4 is 9.46 Å². The molecule has 0 radical (unpaired) electrons. The van der Waals surface area contributed by atoms with Crippen LogP contribution >= 0.6 is 23.3 Å². The predicted molar refractivity (Wildman–Crippen MR) is 133 cm³/mol. The Hall–Kier alpha value is -2.97. The van der Waals surface area contributed by atoms with Crippen molar-refractivity contribution in [3.05, 3.63) is 89.4 Å². The van der Waals surface area contributed by atoms with Gasteiger partial charge in [0.15, 0.2) is 0 Å². The number of nitrogens with one attached hydrogen (secondary N) is 1. The standard InChI is InChI=1S/C26H21F3N2OS2/c27-26(28,29)34-31-23-9-5-4-8-22(23)19-10-11-20-12-17(16-32-24(20)14-19)13-21-15-30-25(33-21)18-6-2-1-3-7-18/h1-11,14-15,17,31H,12-13,16H2/t17-/m0/s1. The lowest BCUT2D eigenvalue weighted by atomic mass is 9.92. The normalized spacial score (nSPS) is 15.4. The molecule has 1 atom stereocenters. The molecule has 0 aliphatic carbocycles. The monoisotopic (exact) mass is 498 g/mol. The number of thiazole rings is 1. The Balaban J connectivity index is 1.28. The number of fused-ring (bicyclic) bond motifs is 1. The highest BCUT2D eigenvalue weighted by molar-refractivity contribution is 8.01. The largest absolute Gasteiger partial charge is 0.493 e. The van der Waals surface area contributed by atoms with Crippen molar-refractivity contribution in [3.8, 4) is 27.4 Å². The van der Waals surface area contributed by atoms with Crippen molar-refractivity contribution in [2.75, 3.05) is 11.3 Å². The van der Waals surface area contributed by atoms with E-state index in [1.807, 2.05) is 48.7 Å². The van der Waals surface area contributed by atoms with E-state index in [9.17, 15) is 13.2 Å². The Bertz CT molecular complexity index is 1270. The number of aromatic nitrogens is 1. The van der Waals surface area contributed by atoms with E-state index in [2.05, 4.69) is 21.8 Å². The molecule has 1 aromatic heterocycles. The minimum absolute atomic E-state index is 0.260. The molecule has 5 rings (SSSR count). The molecule has 8 heteroatoms. The summed E-state index contributed by atoms with van der Waals surface area (Å²) in [6, 6.07) is 23.0. The van der Waals surface area contributed by atoms with Crippen molar-refractivity contribution in [2.24, 2.45) is 5.92 Å². The summed E-state index contributed by atoms with van der Waals surface area (Å²) in [5, 5.41) is 1.02. The van der Waals surface area contributed by atoms with Crippen molar-refractivity contribution < 1.29 is 17.9 Å². The number of anilines is 1. The molecule has 2 heterocycles. The zero-order chi connectivity index (χ0) is 23.5. The second-order valence-corrected chi connectivity index (χ2v) is 10.1. The van der Waals surface area contributed by atoms with Gasteiger partial charge in [0, 0.05) is 28.1 Å². The Morgan fingerprint density at radius 2 is 1.79 bits per heavy atom. The quantitative estimate of drug-likeness (QED) is 0.275. The Morgan fingerprint density at radius 1 is 1.00 bits per heavy atom. The molecule has 1 aliphatic rings. The maximum atomic E-state index is 12.7. The zero-order valence-corrected chi connectivity index (χ0v) is 19.6. The number of rotatable bonds is 6. The molecule has 0 saturated carbocycles. The number of para-hydroxylation sites is 1. The zero-order valence-electron chi connectivity index (χ0n) is 18.0. The summed E-state index contributed by atoms with van der Waals surface area (Å²) in [6.45, 7) is 0.596. The number of alkyl halides is 3. The molecule has 1 N–H and O–H groups in total. The van der Waals surface area contributed by atoms with Crippen molar-refractivity contribution >= 4 is 29.0 Å². The SMILES string of the molecule is FC(F)(F)SNc1ccccc1-c1ccc2c(c1)OC[C@H](Cc1cnc(-c3ccccc3)s1)C2. The lowest BCUT2D eigenvalue weighted by Crippen LogP contribution is -2.22. The van der Waals surface area contributed by atoms with Gasteiger partial charge in [-0.3, -0.25) is 0 Å². The molecule has 3 nitrogen and oxygen atoms in total. The number of hydrogen-bond acceptors (Lipinski definition) is 5. The minimum atomic E-state index is -4.36. The molecule has 0 fully saturated rings. The Kier molecular flexibility index (Phi) is 6.52. The maximum absolute atomic E-state index is 12.7. The van der Waals surface area contributed by atoms with Crippen molar-refractivity contribution in [1.29, 1.82) is 0 Å². The van der Waals surface area contributed by atoms with E-state index >= 15 is 0 Å². The third-order valence-electron chi connectivity index (χ3n) is 5.63. The van der Waals surface area contributed by atoms with Gasteiger partial charge in [-0.15, -0.1) is 11.3 Å². The number of hydrogen-bond donors (Lipinski definition) is 1. The summed E-state index contributed by atoms with van der Waals surface area (Å²) in [5.74, 6) is 1.14. The van der Waals surface area contributed by atoms with Crippen LogP contribution in [0.4, 0.5) is 18.9 Å². The summed E-state index contributed by atoms with van der Waals surface area (Å²) >= 11 is 1.45. The second kappa shape index (κ2) is 9.72. The van der Waals surface area contributed by atoms with E-state index in [0.717, 1.165) is 40.3 Å². The fourth-order valence-electron chi connectivity index (χ4n) is 4.07. The van der Waals surface area contributed by atoms with Crippen molar-refractivity contribution in [1.82, 2.24) is 4.98 Å². The van der Waals surface area contributed by atoms with Crippen LogP contribution in [0, 0.1) is 5.92 Å². The lowest BCUT2D eigenvalue weighted by molar-refractivity contribution is -0.0323. The topological polar surface area (TPSA) is 34.1 Å². The van der Waals surface area contributed by atoms with Gasteiger partial charge in [-0.1, -0.05) is 60.7 Å². The first-order valence-electron chi connectivity index (χ1n) is 10.8. The smallest absolute Gasteiger partial charge is 0.461 e. The van der Waals surface area contributed by atoms with Gasteiger partial charge in [0.2, 0.25) is 0 Å². The van der Waals surface area contributed by atoms with Crippen LogP contribution in [0.5, 0.6) is 5.75 Å². The molecule has 0 unspecified atom stereocenters. The Labute approximate surface area is 204 Å². The average molecular weight is 499 g/mol. The number of ether oxygens (including phenoxy) is 1. The van der Waals surface area contributed by atoms with Gasteiger partial charge in [-0.25, -0.2) is 4.98 Å². The van der Waals surface area contributed by atoms with Gasteiger partial charge >= 0.3 is 5.51 Å². The van der Waals surface area contributed by atoms with E-state index in [4.69, 9.17) is 4.74 Å². The number of benzene rings is 3. The highest BCUT2D eigenvalue weighted by atomic mass is 32.2. The second-order valence-electron chi connectivity index (χ2n) is 8.10. The third-order valence-corrected chi connectivity index (χ3v) is 7.25. The molecule has 4 aromatic rings. The summed E-state index contributed by atoms with van der Waals surface area (Å²) < 4.78 is 46.5. The fourth-order valence-corrected chi connectivity index (χ4v) is 5.51. The Morgan fingerprint density at radius 3 is 2.62 bits per heavy atom. The maximum Gasteiger partial charge on any atom is 0.461 e. The van der Waals surface area contributed by atoms with Crippen LogP contribution in [0.25, 0.3) is 21.7 Å². The van der Waals surface area contributed by atoms with Gasteiger partial charge in [-0.05, 0) is 36.1 Å². The van der Waals surface area contributed by atoms with Crippen LogP contribution in [0.3, 0.4) is 0 Å².